The molecule has 0 radical (unpaired) electrons. The lowest BCUT2D eigenvalue weighted by atomic mass is 10.1. The van der Waals surface area contributed by atoms with Crippen LogP contribution in [0.5, 0.6) is 0 Å². The molecule has 2 aromatic carbocycles. The van der Waals surface area contributed by atoms with Gasteiger partial charge in [0.05, 0.1) is 16.8 Å². The van der Waals surface area contributed by atoms with Crippen molar-refractivity contribution in [1.29, 1.82) is 0 Å². The number of hydrogen-bond acceptors (Lipinski definition) is 6. The van der Waals surface area contributed by atoms with Crippen LogP contribution in [0.1, 0.15) is 22.8 Å². The summed E-state index contributed by atoms with van der Waals surface area (Å²) in [5.74, 6) is 0.816. The van der Waals surface area contributed by atoms with Gasteiger partial charge in [-0.25, -0.2) is 9.78 Å². The zero-order valence-corrected chi connectivity index (χ0v) is 18.4. The lowest BCUT2D eigenvalue weighted by molar-refractivity contribution is 0.0570. The molecule has 3 aromatic rings. The first-order chi connectivity index (χ1) is 14.6. The Kier molecular flexibility index (Phi) is 6.54. The molecule has 0 saturated carbocycles. The van der Waals surface area contributed by atoms with Crippen LogP contribution in [0.25, 0.3) is 10.2 Å². The van der Waals surface area contributed by atoms with E-state index in [1.54, 1.807) is 39.8 Å². The standard InChI is InChI=1S/C22H23N3O3S2/c1-2-28-22(27)25-13-11-24(12-14-25)20(26)17-9-7-16(8-10-17)15-29-21-23-18-5-3-4-6-19(18)30-21/h3-10H,2,11-15H2,1H3. The molecular weight excluding hydrogens is 418 g/mol. The van der Waals surface area contributed by atoms with Gasteiger partial charge in [0.2, 0.25) is 0 Å². The fourth-order valence-corrected chi connectivity index (χ4v) is 5.32. The van der Waals surface area contributed by atoms with Gasteiger partial charge in [-0.1, -0.05) is 36.0 Å². The Labute approximate surface area is 183 Å². The van der Waals surface area contributed by atoms with Crippen molar-refractivity contribution in [3.63, 3.8) is 0 Å². The van der Waals surface area contributed by atoms with E-state index in [0.29, 0.717) is 38.3 Å². The zero-order chi connectivity index (χ0) is 20.9. The summed E-state index contributed by atoms with van der Waals surface area (Å²) in [5.41, 5.74) is 2.87. The summed E-state index contributed by atoms with van der Waals surface area (Å²) in [5, 5.41) is 0. The van der Waals surface area contributed by atoms with Gasteiger partial charge >= 0.3 is 6.09 Å². The molecule has 0 aliphatic carbocycles. The van der Waals surface area contributed by atoms with Gasteiger partial charge in [-0.3, -0.25) is 4.79 Å². The van der Waals surface area contributed by atoms with E-state index in [2.05, 4.69) is 11.1 Å². The molecule has 30 heavy (non-hydrogen) atoms. The summed E-state index contributed by atoms with van der Waals surface area (Å²) in [7, 11) is 0. The van der Waals surface area contributed by atoms with Gasteiger partial charge in [0, 0.05) is 37.5 Å². The number of rotatable bonds is 5. The molecule has 2 heterocycles. The summed E-state index contributed by atoms with van der Waals surface area (Å²) < 4.78 is 7.27. The number of nitrogens with zero attached hydrogens (tertiary/aromatic N) is 3. The highest BCUT2D eigenvalue weighted by atomic mass is 32.2. The Hall–Kier alpha value is -2.58. The largest absolute Gasteiger partial charge is 0.450 e. The van der Waals surface area contributed by atoms with Crippen molar-refractivity contribution < 1.29 is 14.3 Å². The van der Waals surface area contributed by atoms with Crippen LogP contribution < -0.4 is 0 Å². The molecular formula is C22H23N3O3S2. The van der Waals surface area contributed by atoms with Crippen LogP contribution in [0.3, 0.4) is 0 Å². The maximum Gasteiger partial charge on any atom is 0.409 e. The summed E-state index contributed by atoms with van der Waals surface area (Å²) in [6.45, 7) is 4.20. The minimum atomic E-state index is -0.306. The molecule has 156 valence electrons. The van der Waals surface area contributed by atoms with Gasteiger partial charge in [0.15, 0.2) is 4.34 Å². The third kappa shape index (κ3) is 4.76. The molecule has 1 aromatic heterocycles. The number of hydrogen-bond donors (Lipinski definition) is 0. The van der Waals surface area contributed by atoms with Gasteiger partial charge in [0.25, 0.3) is 5.91 Å². The number of carbonyl (C=O) groups is 2. The summed E-state index contributed by atoms with van der Waals surface area (Å²) >= 11 is 3.41. The van der Waals surface area contributed by atoms with Crippen molar-refractivity contribution in [3.8, 4) is 0 Å². The first kappa shape index (κ1) is 20.7. The molecule has 1 fully saturated rings. The number of ether oxygens (including phenoxy) is 1. The third-order valence-electron chi connectivity index (χ3n) is 4.93. The smallest absolute Gasteiger partial charge is 0.409 e. The Morgan fingerprint density at radius 3 is 2.43 bits per heavy atom. The molecule has 0 spiro atoms. The number of piperazine rings is 1. The van der Waals surface area contributed by atoms with Gasteiger partial charge in [-0.05, 0) is 36.8 Å². The Balaban J connectivity index is 1.31. The quantitative estimate of drug-likeness (QED) is 0.546. The topological polar surface area (TPSA) is 62.7 Å². The number of carbonyl (C=O) groups excluding carboxylic acids is 2. The molecule has 6 nitrogen and oxygen atoms in total. The number of thiazole rings is 1. The second-order valence-corrected chi connectivity index (χ2v) is 9.16. The highest BCUT2D eigenvalue weighted by Gasteiger charge is 2.25. The van der Waals surface area contributed by atoms with Crippen LogP contribution in [0, 0.1) is 0 Å². The van der Waals surface area contributed by atoms with Gasteiger partial charge in [0.1, 0.15) is 0 Å². The van der Waals surface area contributed by atoms with E-state index >= 15 is 0 Å². The Bertz CT molecular complexity index is 995. The number of aromatic nitrogens is 1. The van der Waals surface area contributed by atoms with Crippen LogP contribution in [0.4, 0.5) is 4.79 Å². The first-order valence-electron chi connectivity index (χ1n) is 9.92. The molecule has 1 aliphatic heterocycles. The minimum Gasteiger partial charge on any atom is -0.450 e. The summed E-state index contributed by atoms with van der Waals surface area (Å²) in [6, 6.07) is 15.9. The van der Waals surface area contributed by atoms with Crippen molar-refractivity contribution in [1.82, 2.24) is 14.8 Å². The predicted octanol–water partition coefficient (Wildman–Crippen LogP) is 4.50. The number of amides is 2. The van der Waals surface area contributed by atoms with Crippen LogP contribution >= 0.6 is 23.1 Å². The molecule has 0 bridgehead atoms. The minimum absolute atomic E-state index is 0.00360. The van der Waals surface area contributed by atoms with E-state index in [4.69, 9.17) is 4.74 Å². The molecule has 8 heteroatoms. The Morgan fingerprint density at radius 1 is 1.03 bits per heavy atom. The summed E-state index contributed by atoms with van der Waals surface area (Å²) in [6.07, 6.45) is -0.306. The fourth-order valence-electron chi connectivity index (χ4n) is 3.29. The molecule has 0 unspecified atom stereocenters. The monoisotopic (exact) mass is 441 g/mol. The van der Waals surface area contributed by atoms with E-state index in [1.807, 2.05) is 42.5 Å². The fraction of sp³-hybridized carbons (Fsp3) is 0.318. The average Bonchev–Trinajstić information content (AvgIpc) is 3.21. The van der Waals surface area contributed by atoms with Crippen molar-refractivity contribution in [2.24, 2.45) is 0 Å². The second-order valence-electron chi connectivity index (χ2n) is 6.91. The molecule has 0 atom stereocenters. The predicted molar refractivity (Wildman–Crippen MR) is 120 cm³/mol. The number of benzene rings is 2. The van der Waals surface area contributed by atoms with Crippen molar-refractivity contribution in [3.05, 3.63) is 59.7 Å². The van der Waals surface area contributed by atoms with Crippen LogP contribution in [0.15, 0.2) is 52.9 Å². The number of fused-ring (bicyclic) bond motifs is 1. The maximum atomic E-state index is 12.8. The number of para-hydroxylation sites is 1. The van der Waals surface area contributed by atoms with Crippen LogP contribution in [-0.4, -0.2) is 59.6 Å². The second kappa shape index (κ2) is 9.49. The lowest BCUT2D eigenvalue weighted by Crippen LogP contribution is -2.50. The molecule has 1 saturated heterocycles. The zero-order valence-electron chi connectivity index (χ0n) is 16.7. The third-order valence-corrected chi connectivity index (χ3v) is 7.18. The average molecular weight is 442 g/mol. The van der Waals surface area contributed by atoms with E-state index in [1.165, 1.54) is 4.70 Å². The van der Waals surface area contributed by atoms with E-state index in [-0.39, 0.29) is 12.0 Å². The van der Waals surface area contributed by atoms with Gasteiger partial charge in [-0.15, -0.1) is 11.3 Å². The molecule has 0 N–H and O–H groups in total. The normalized spacial score (nSPS) is 14.2. The number of thioether (sulfide) groups is 1. The van der Waals surface area contributed by atoms with Crippen LogP contribution in [-0.2, 0) is 10.5 Å². The van der Waals surface area contributed by atoms with Crippen molar-refractivity contribution in [2.75, 3.05) is 32.8 Å². The molecule has 1 aliphatic rings. The van der Waals surface area contributed by atoms with E-state index in [0.717, 1.165) is 21.2 Å². The lowest BCUT2D eigenvalue weighted by Gasteiger charge is -2.34. The van der Waals surface area contributed by atoms with E-state index < -0.39 is 0 Å². The highest BCUT2D eigenvalue weighted by molar-refractivity contribution is 8.00. The van der Waals surface area contributed by atoms with E-state index in [9.17, 15) is 9.59 Å². The highest BCUT2D eigenvalue weighted by Crippen LogP contribution is 2.31. The van der Waals surface area contributed by atoms with Gasteiger partial charge < -0.3 is 14.5 Å². The summed E-state index contributed by atoms with van der Waals surface area (Å²) in [4.78, 5) is 32.7. The van der Waals surface area contributed by atoms with Gasteiger partial charge in [-0.2, -0.15) is 0 Å². The Morgan fingerprint density at radius 2 is 1.73 bits per heavy atom. The van der Waals surface area contributed by atoms with Crippen molar-refractivity contribution in [2.45, 2.75) is 17.0 Å². The van der Waals surface area contributed by atoms with Crippen LogP contribution in [0.2, 0.25) is 0 Å². The first-order valence-corrected chi connectivity index (χ1v) is 11.7. The maximum absolute atomic E-state index is 12.8. The SMILES string of the molecule is CCOC(=O)N1CCN(C(=O)c2ccc(CSc3nc4ccccc4s3)cc2)CC1. The molecule has 2 amide bonds. The molecule has 4 rings (SSSR count). The van der Waals surface area contributed by atoms with Crippen molar-refractivity contribution >= 4 is 45.3 Å².